The highest BCUT2D eigenvalue weighted by molar-refractivity contribution is 6.35. The molecule has 2 rings (SSSR count). The minimum Gasteiger partial charge on any atom is -0.489 e. The van der Waals surface area contributed by atoms with Gasteiger partial charge >= 0.3 is 0 Å². The molecule has 0 atom stereocenters. The molecule has 0 saturated heterocycles. The number of ether oxygens (including phenoxy) is 1. The molecule has 1 saturated carbocycles. The molecule has 0 radical (unpaired) electrons. The van der Waals surface area contributed by atoms with Crippen molar-refractivity contribution >= 4 is 17.5 Å². The molecule has 0 spiro atoms. The van der Waals surface area contributed by atoms with E-state index in [0.717, 1.165) is 12.8 Å². The Hall–Kier alpha value is -1.22. The van der Waals surface area contributed by atoms with Gasteiger partial charge in [0.15, 0.2) is 0 Å². The van der Waals surface area contributed by atoms with Gasteiger partial charge < -0.3 is 10.5 Å². The highest BCUT2D eigenvalue weighted by Gasteiger charge is 2.25. The number of rotatable bonds is 3. The van der Waals surface area contributed by atoms with Crippen LogP contribution in [0.15, 0.2) is 18.2 Å². The molecule has 74 valence electrons. The van der Waals surface area contributed by atoms with Gasteiger partial charge in [0.05, 0.1) is 16.7 Å². The van der Waals surface area contributed by atoms with Crippen LogP contribution in [0.1, 0.15) is 23.2 Å². The summed E-state index contributed by atoms with van der Waals surface area (Å²) in [6.07, 6.45) is 2.37. The van der Waals surface area contributed by atoms with E-state index in [1.165, 1.54) is 0 Å². The molecule has 1 aromatic rings. The van der Waals surface area contributed by atoms with Gasteiger partial charge in [-0.1, -0.05) is 17.7 Å². The van der Waals surface area contributed by atoms with Crippen LogP contribution in [0, 0.1) is 0 Å². The van der Waals surface area contributed by atoms with Crippen molar-refractivity contribution in [3.8, 4) is 5.75 Å². The van der Waals surface area contributed by atoms with Crippen LogP contribution in [0.4, 0.5) is 0 Å². The molecular weight excluding hydrogens is 202 g/mol. The Morgan fingerprint density at radius 2 is 2.21 bits per heavy atom. The lowest BCUT2D eigenvalue weighted by molar-refractivity contribution is 0.1000. The minimum atomic E-state index is -0.531. The van der Waals surface area contributed by atoms with Gasteiger partial charge in [0.25, 0.3) is 0 Å². The largest absolute Gasteiger partial charge is 0.489 e. The third-order valence-electron chi connectivity index (χ3n) is 2.05. The van der Waals surface area contributed by atoms with Crippen LogP contribution in [-0.2, 0) is 0 Å². The second kappa shape index (κ2) is 3.50. The van der Waals surface area contributed by atoms with Crippen LogP contribution < -0.4 is 10.5 Å². The molecule has 4 heteroatoms. The van der Waals surface area contributed by atoms with E-state index in [0.29, 0.717) is 16.3 Å². The Morgan fingerprint density at radius 3 is 2.79 bits per heavy atom. The Labute approximate surface area is 86.8 Å². The van der Waals surface area contributed by atoms with Crippen LogP contribution >= 0.6 is 11.6 Å². The second-order valence-electron chi connectivity index (χ2n) is 3.30. The summed E-state index contributed by atoms with van der Waals surface area (Å²) in [5.74, 6) is 0.0155. The number of hydrogen-bond acceptors (Lipinski definition) is 2. The van der Waals surface area contributed by atoms with E-state index >= 15 is 0 Å². The molecule has 0 bridgehead atoms. The molecule has 1 amide bonds. The van der Waals surface area contributed by atoms with Gasteiger partial charge in [-0.05, 0) is 25.0 Å². The minimum absolute atomic E-state index is 0.260. The fraction of sp³-hybridized carbons (Fsp3) is 0.300. The van der Waals surface area contributed by atoms with Crippen LogP contribution in [0.5, 0.6) is 5.75 Å². The van der Waals surface area contributed by atoms with Crippen molar-refractivity contribution in [2.45, 2.75) is 18.9 Å². The average molecular weight is 212 g/mol. The zero-order chi connectivity index (χ0) is 10.1. The standard InChI is InChI=1S/C10H10ClNO2/c11-9-7(10(12)13)2-1-3-8(9)14-6-4-5-6/h1-3,6H,4-5H2,(H2,12,13). The van der Waals surface area contributed by atoms with Crippen molar-refractivity contribution in [3.63, 3.8) is 0 Å². The van der Waals surface area contributed by atoms with E-state index in [1.54, 1.807) is 18.2 Å². The predicted molar refractivity (Wildman–Crippen MR) is 53.6 cm³/mol. The van der Waals surface area contributed by atoms with Crippen LogP contribution in [0.25, 0.3) is 0 Å². The normalized spacial score (nSPS) is 15.2. The van der Waals surface area contributed by atoms with E-state index in [2.05, 4.69) is 0 Å². The molecule has 2 N–H and O–H groups in total. The number of amides is 1. The summed E-state index contributed by atoms with van der Waals surface area (Å²) < 4.78 is 5.51. The molecule has 14 heavy (non-hydrogen) atoms. The van der Waals surface area contributed by atoms with Gasteiger partial charge in [0.1, 0.15) is 5.75 Å². The fourth-order valence-electron chi connectivity index (χ4n) is 1.16. The Balaban J connectivity index is 2.30. The topological polar surface area (TPSA) is 52.3 Å². The molecule has 3 nitrogen and oxygen atoms in total. The van der Waals surface area contributed by atoms with Crippen molar-refractivity contribution < 1.29 is 9.53 Å². The van der Waals surface area contributed by atoms with Gasteiger partial charge in [-0.15, -0.1) is 0 Å². The summed E-state index contributed by atoms with van der Waals surface area (Å²) >= 11 is 5.95. The van der Waals surface area contributed by atoms with Gasteiger partial charge in [-0.2, -0.15) is 0 Å². The molecule has 1 aliphatic rings. The van der Waals surface area contributed by atoms with E-state index < -0.39 is 5.91 Å². The summed E-state index contributed by atoms with van der Waals surface area (Å²) in [5.41, 5.74) is 5.46. The number of primary amides is 1. The molecular formula is C10H10ClNO2. The summed E-state index contributed by atoms with van der Waals surface area (Å²) in [6.45, 7) is 0. The zero-order valence-electron chi connectivity index (χ0n) is 7.50. The summed E-state index contributed by atoms with van der Waals surface area (Å²) in [5, 5.41) is 0.312. The van der Waals surface area contributed by atoms with Crippen molar-refractivity contribution in [2.24, 2.45) is 5.73 Å². The lowest BCUT2D eigenvalue weighted by atomic mass is 10.2. The van der Waals surface area contributed by atoms with E-state index in [-0.39, 0.29) is 6.10 Å². The molecule has 0 aliphatic heterocycles. The van der Waals surface area contributed by atoms with E-state index in [1.807, 2.05) is 0 Å². The molecule has 0 heterocycles. The summed E-state index contributed by atoms with van der Waals surface area (Å²) in [7, 11) is 0. The van der Waals surface area contributed by atoms with Gasteiger partial charge in [0.2, 0.25) is 5.91 Å². The van der Waals surface area contributed by atoms with Crippen molar-refractivity contribution in [1.82, 2.24) is 0 Å². The van der Waals surface area contributed by atoms with Crippen molar-refractivity contribution in [2.75, 3.05) is 0 Å². The highest BCUT2D eigenvalue weighted by Crippen LogP contribution is 2.33. The summed E-state index contributed by atoms with van der Waals surface area (Å²) in [6, 6.07) is 5.04. The third-order valence-corrected chi connectivity index (χ3v) is 2.44. The quantitative estimate of drug-likeness (QED) is 0.831. The van der Waals surface area contributed by atoms with Crippen LogP contribution in [0.2, 0.25) is 5.02 Å². The average Bonchev–Trinajstić information content (AvgIpc) is 2.92. The Bertz CT molecular complexity index is 374. The lowest BCUT2D eigenvalue weighted by Crippen LogP contribution is -2.12. The molecule has 1 aromatic carbocycles. The lowest BCUT2D eigenvalue weighted by Gasteiger charge is -2.08. The molecule has 1 aliphatic carbocycles. The van der Waals surface area contributed by atoms with Gasteiger partial charge in [-0.3, -0.25) is 4.79 Å². The monoisotopic (exact) mass is 211 g/mol. The number of carbonyl (C=O) groups is 1. The Kier molecular flexibility index (Phi) is 2.33. The van der Waals surface area contributed by atoms with Gasteiger partial charge in [-0.25, -0.2) is 0 Å². The first-order valence-corrected chi connectivity index (χ1v) is 4.81. The first kappa shape index (κ1) is 9.34. The number of halogens is 1. The van der Waals surface area contributed by atoms with Gasteiger partial charge in [0, 0.05) is 0 Å². The second-order valence-corrected chi connectivity index (χ2v) is 3.68. The van der Waals surface area contributed by atoms with E-state index in [9.17, 15) is 4.79 Å². The van der Waals surface area contributed by atoms with Crippen LogP contribution in [-0.4, -0.2) is 12.0 Å². The van der Waals surface area contributed by atoms with E-state index in [4.69, 9.17) is 22.1 Å². The predicted octanol–water partition coefficient (Wildman–Crippen LogP) is 1.98. The Morgan fingerprint density at radius 1 is 1.50 bits per heavy atom. The number of carbonyl (C=O) groups excluding carboxylic acids is 1. The first-order valence-electron chi connectivity index (χ1n) is 4.43. The van der Waals surface area contributed by atoms with Crippen molar-refractivity contribution in [3.05, 3.63) is 28.8 Å². The molecule has 0 aromatic heterocycles. The maximum absolute atomic E-state index is 11.0. The first-order chi connectivity index (χ1) is 6.68. The number of benzene rings is 1. The van der Waals surface area contributed by atoms with Crippen molar-refractivity contribution in [1.29, 1.82) is 0 Å². The SMILES string of the molecule is NC(=O)c1cccc(OC2CC2)c1Cl. The molecule has 0 unspecified atom stereocenters. The fourth-order valence-corrected chi connectivity index (χ4v) is 1.42. The third kappa shape index (κ3) is 1.82. The van der Waals surface area contributed by atoms with Crippen LogP contribution in [0.3, 0.4) is 0 Å². The number of hydrogen-bond donors (Lipinski definition) is 1. The maximum atomic E-state index is 11.0. The highest BCUT2D eigenvalue weighted by atomic mass is 35.5. The number of nitrogens with two attached hydrogens (primary N) is 1. The summed E-state index contributed by atoms with van der Waals surface area (Å²) in [4.78, 5) is 11.0. The molecule has 1 fully saturated rings. The zero-order valence-corrected chi connectivity index (χ0v) is 8.25. The smallest absolute Gasteiger partial charge is 0.250 e. The maximum Gasteiger partial charge on any atom is 0.250 e.